The molecule has 31 heavy (non-hydrogen) atoms. The second-order valence-corrected chi connectivity index (χ2v) is 8.10. The number of non-ortho nitro benzene ring substituents is 1. The molecule has 3 rings (SSSR count). The van der Waals surface area contributed by atoms with Crippen molar-refractivity contribution in [2.45, 2.75) is 38.8 Å². The fourth-order valence-corrected chi connectivity index (χ4v) is 3.55. The normalized spacial score (nSPS) is 16.2. The zero-order valence-corrected chi connectivity index (χ0v) is 17.2. The van der Waals surface area contributed by atoms with Gasteiger partial charge in [-0.3, -0.25) is 24.5 Å². The van der Waals surface area contributed by atoms with Crippen molar-refractivity contribution in [2.24, 2.45) is 0 Å². The highest BCUT2D eigenvalue weighted by Gasteiger charge is 2.47. The lowest BCUT2D eigenvalue weighted by molar-refractivity contribution is -0.384. The van der Waals surface area contributed by atoms with E-state index in [-0.39, 0.29) is 17.7 Å². The molecule has 1 saturated heterocycles. The van der Waals surface area contributed by atoms with Crippen LogP contribution in [0.3, 0.4) is 0 Å². The molecule has 0 aromatic heterocycles. The van der Waals surface area contributed by atoms with Crippen LogP contribution in [0.1, 0.15) is 43.1 Å². The van der Waals surface area contributed by atoms with Gasteiger partial charge in [-0.1, -0.05) is 0 Å². The third kappa shape index (κ3) is 4.14. The van der Waals surface area contributed by atoms with Crippen molar-refractivity contribution in [1.29, 1.82) is 5.26 Å². The first-order valence-corrected chi connectivity index (χ1v) is 9.49. The number of nitro groups is 1. The Morgan fingerprint density at radius 2 is 1.71 bits per heavy atom. The summed E-state index contributed by atoms with van der Waals surface area (Å²) >= 11 is 0. The minimum atomic E-state index is -1.02. The van der Waals surface area contributed by atoms with Gasteiger partial charge in [0.25, 0.3) is 17.5 Å². The van der Waals surface area contributed by atoms with Gasteiger partial charge in [0.1, 0.15) is 6.04 Å². The molecule has 3 amide bonds. The molecule has 1 fully saturated rings. The van der Waals surface area contributed by atoms with Crippen LogP contribution in [0, 0.1) is 21.4 Å². The number of imide groups is 1. The van der Waals surface area contributed by atoms with Crippen LogP contribution in [0.5, 0.6) is 0 Å². The van der Waals surface area contributed by atoms with Gasteiger partial charge in [0.05, 0.1) is 28.7 Å². The van der Waals surface area contributed by atoms with Crippen molar-refractivity contribution >= 4 is 29.1 Å². The van der Waals surface area contributed by atoms with Crippen LogP contribution < -0.4 is 4.90 Å². The molecule has 1 unspecified atom stereocenters. The molecule has 2 aromatic carbocycles. The summed E-state index contributed by atoms with van der Waals surface area (Å²) in [4.78, 5) is 51.8. The van der Waals surface area contributed by atoms with Gasteiger partial charge in [-0.15, -0.1) is 0 Å². The molecule has 2 aromatic rings. The second kappa shape index (κ2) is 7.99. The summed E-state index contributed by atoms with van der Waals surface area (Å²) in [5.41, 5.74) is -0.0621. The molecule has 9 nitrogen and oxygen atoms in total. The zero-order chi connectivity index (χ0) is 22.9. The average molecular weight is 420 g/mol. The number of hydrogen-bond acceptors (Lipinski definition) is 6. The number of carbonyl (C=O) groups is 3. The van der Waals surface area contributed by atoms with Crippen LogP contribution >= 0.6 is 0 Å². The number of anilines is 1. The Hall–Kier alpha value is -4.06. The summed E-state index contributed by atoms with van der Waals surface area (Å²) < 4.78 is 0. The van der Waals surface area contributed by atoms with E-state index in [1.807, 2.05) is 6.07 Å². The first-order chi connectivity index (χ1) is 14.5. The Bertz CT molecular complexity index is 1090. The van der Waals surface area contributed by atoms with E-state index in [4.69, 9.17) is 5.26 Å². The number of carbonyl (C=O) groups excluding carboxylic acids is 3. The molecule has 0 bridgehead atoms. The predicted octanol–water partition coefficient (Wildman–Crippen LogP) is 3.04. The van der Waals surface area contributed by atoms with Crippen molar-refractivity contribution in [3.8, 4) is 6.07 Å². The van der Waals surface area contributed by atoms with Crippen molar-refractivity contribution in [3.05, 3.63) is 69.8 Å². The fourth-order valence-electron chi connectivity index (χ4n) is 3.55. The second-order valence-electron chi connectivity index (χ2n) is 8.10. The lowest BCUT2D eigenvalue weighted by Gasteiger charge is -2.39. The highest BCUT2D eigenvalue weighted by Crippen LogP contribution is 2.31. The Balaban J connectivity index is 1.95. The van der Waals surface area contributed by atoms with Gasteiger partial charge < -0.3 is 4.90 Å². The molecule has 1 heterocycles. The smallest absolute Gasteiger partial charge is 0.269 e. The van der Waals surface area contributed by atoms with E-state index < -0.39 is 34.2 Å². The molecule has 0 spiro atoms. The van der Waals surface area contributed by atoms with Crippen LogP contribution in [0.15, 0.2) is 48.5 Å². The van der Waals surface area contributed by atoms with Crippen molar-refractivity contribution in [2.75, 3.05) is 4.90 Å². The summed E-state index contributed by atoms with van der Waals surface area (Å²) in [7, 11) is 0. The highest BCUT2D eigenvalue weighted by atomic mass is 16.6. The molecule has 0 radical (unpaired) electrons. The van der Waals surface area contributed by atoms with Crippen molar-refractivity contribution in [3.63, 3.8) is 0 Å². The maximum Gasteiger partial charge on any atom is 0.269 e. The largest absolute Gasteiger partial charge is 0.321 e. The molecule has 0 saturated carbocycles. The van der Waals surface area contributed by atoms with Crippen LogP contribution in [-0.2, 0) is 9.59 Å². The van der Waals surface area contributed by atoms with Crippen LogP contribution in [0.2, 0.25) is 0 Å². The van der Waals surface area contributed by atoms with E-state index in [1.165, 1.54) is 53.4 Å². The van der Waals surface area contributed by atoms with Gasteiger partial charge in [0.2, 0.25) is 5.91 Å². The van der Waals surface area contributed by atoms with E-state index in [1.54, 1.807) is 20.8 Å². The third-order valence-corrected chi connectivity index (χ3v) is 4.96. The Morgan fingerprint density at radius 1 is 1.13 bits per heavy atom. The van der Waals surface area contributed by atoms with E-state index in [0.717, 1.165) is 4.90 Å². The predicted molar refractivity (Wildman–Crippen MR) is 111 cm³/mol. The first kappa shape index (κ1) is 21.6. The van der Waals surface area contributed by atoms with E-state index >= 15 is 0 Å². The first-order valence-electron chi connectivity index (χ1n) is 9.49. The van der Waals surface area contributed by atoms with Crippen molar-refractivity contribution < 1.29 is 19.3 Å². The SMILES string of the molecule is CC(C)(C)N(C(=O)c1ccc([N+](=O)[O-])cc1)C1CC(=O)N(c2ccc(C#N)cc2)C1=O. The number of hydrogen-bond donors (Lipinski definition) is 0. The average Bonchev–Trinajstić information content (AvgIpc) is 3.00. The molecular weight excluding hydrogens is 400 g/mol. The maximum atomic E-state index is 13.3. The topological polar surface area (TPSA) is 125 Å². The van der Waals surface area contributed by atoms with Gasteiger partial charge in [-0.2, -0.15) is 5.26 Å². The van der Waals surface area contributed by atoms with Gasteiger partial charge >= 0.3 is 0 Å². The number of nitriles is 1. The molecule has 158 valence electrons. The quantitative estimate of drug-likeness (QED) is 0.425. The number of nitro benzene ring substituents is 1. The summed E-state index contributed by atoms with van der Waals surface area (Å²) in [6.45, 7) is 5.25. The van der Waals surface area contributed by atoms with E-state index in [0.29, 0.717) is 11.3 Å². The minimum absolute atomic E-state index is 0.155. The van der Waals surface area contributed by atoms with Gasteiger partial charge in [-0.05, 0) is 57.2 Å². The van der Waals surface area contributed by atoms with Gasteiger partial charge in [-0.25, -0.2) is 4.90 Å². The number of benzene rings is 2. The maximum absolute atomic E-state index is 13.3. The fraction of sp³-hybridized carbons (Fsp3) is 0.273. The van der Waals surface area contributed by atoms with Gasteiger partial charge in [0.15, 0.2) is 0 Å². The number of rotatable bonds is 4. The molecule has 1 atom stereocenters. The molecule has 9 heteroatoms. The molecule has 1 aliphatic heterocycles. The van der Waals surface area contributed by atoms with Gasteiger partial charge in [0, 0.05) is 23.2 Å². The van der Waals surface area contributed by atoms with Crippen LogP contribution in [-0.4, -0.2) is 39.1 Å². The monoisotopic (exact) mass is 420 g/mol. The molecule has 1 aliphatic rings. The molecule has 0 N–H and O–H groups in total. The van der Waals surface area contributed by atoms with E-state index in [2.05, 4.69) is 0 Å². The standard InChI is InChI=1S/C22H20N4O5/c1-22(2,3)25(20(28)15-6-10-17(11-7-15)26(30)31)18-12-19(27)24(21(18)29)16-8-4-14(13-23)5-9-16/h4-11,18H,12H2,1-3H3. The molecular formula is C22H20N4O5. The summed E-state index contributed by atoms with van der Waals surface area (Å²) in [5.74, 6) is -1.50. The Kier molecular flexibility index (Phi) is 5.58. The summed E-state index contributed by atoms with van der Waals surface area (Å²) in [6, 6.07) is 12.1. The highest BCUT2D eigenvalue weighted by molar-refractivity contribution is 6.23. The third-order valence-electron chi connectivity index (χ3n) is 4.96. The minimum Gasteiger partial charge on any atom is -0.321 e. The Morgan fingerprint density at radius 3 is 2.19 bits per heavy atom. The van der Waals surface area contributed by atoms with E-state index in [9.17, 15) is 24.5 Å². The molecule has 0 aliphatic carbocycles. The summed E-state index contributed by atoms with van der Waals surface area (Å²) in [5, 5.41) is 19.8. The Labute approximate surface area is 178 Å². The van der Waals surface area contributed by atoms with Crippen molar-refractivity contribution in [1.82, 2.24) is 4.90 Å². The lowest BCUT2D eigenvalue weighted by atomic mass is 9.99. The van der Waals surface area contributed by atoms with Crippen LogP contribution in [0.4, 0.5) is 11.4 Å². The zero-order valence-electron chi connectivity index (χ0n) is 17.2. The lowest BCUT2D eigenvalue weighted by Crippen LogP contribution is -2.54. The number of amides is 3. The number of nitrogens with zero attached hydrogens (tertiary/aromatic N) is 4. The van der Waals surface area contributed by atoms with Crippen LogP contribution in [0.25, 0.3) is 0 Å². The summed E-state index contributed by atoms with van der Waals surface area (Å²) in [6.07, 6.45) is -0.186.